The van der Waals surface area contributed by atoms with E-state index in [-0.39, 0.29) is 11.9 Å². The number of benzene rings is 1. The molecule has 0 bridgehead atoms. The Morgan fingerprint density at radius 2 is 2.00 bits per heavy atom. The minimum atomic E-state index is -0.291. The Labute approximate surface area is 129 Å². The molecule has 20 heavy (non-hydrogen) atoms. The molecule has 1 atom stereocenters. The van der Waals surface area contributed by atoms with Crippen molar-refractivity contribution in [1.82, 2.24) is 0 Å². The zero-order valence-corrected chi connectivity index (χ0v) is 13.0. The molecule has 112 valence electrons. The lowest BCUT2D eigenvalue weighted by molar-refractivity contribution is -0.118. The average Bonchev–Trinajstić information content (AvgIpc) is 2.38. The summed E-state index contributed by atoms with van der Waals surface area (Å²) < 4.78 is 5.37. The SMILES string of the molecule is CCOc1cc(Cl)c(C(N)CCCCC(N)=O)cc1Cl. The molecule has 0 aromatic heterocycles. The van der Waals surface area contributed by atoms with Gasteiger partial charge in [-0.2, -0.15) is 0 Å². The molecule has 1 rings (SSSR count). The van der Waals surface area contributed by atoms with Crippen molar-refractivity contribution < 1.29 is 9.53 Å². The van der Waals surface area contributed by atoms with E-state index >= 15 is 0 Å². The summed E-state index contributed by atoms with van der Waals surface area (Å²) in [5.74, 6) is 0.268. The Hall–Kier alpha value is -0.970. The Kier molecular flexibility index (Phi) is 7.13. The summed E-state index contributed by atoms with van der Waals surface area (Å²) in [5, 5.41) is 1.04. The van der Waals surface area contributed by atoms with Crippen molar-refractivity contribution in [3.63, 3.8) is 0 Å². The Bertz CT molecular complexity index is 467. The predicted octanol–water partition coefficient (Wildman–Crippen LogP) is 3.44. The van der Waals surface area contributed by atoms with Crippen LogP contribution in [0.2, 0.25) is 10.0 Å². The highest BCUT2D eigenvalue weighted by Gasteiger charge is 2.14. The van der Waals surface area contributed by atoms with Crippen LogP contribution in [0, 0.1) is 0 Å². The number of nitrogens with two attached hydrogens (primary N) is 2. The highest BCUT2D eigenvalue weighted by atomic mass is 35.5. The number of ether oxygens (including phenoxy) is 1. The number of amides is 1. The standard InChI is InChI=1S/C14H20Cl2N2O2/c1-2-20-13-8-10(15)9(7-11(13)16)12(17)5-3-4-6-14(18)19/h7-8,12H,2-6,17H2,1H3,(H2,18,19). The second-order valence-corrected chi connectivity index (χ2v) is 5.37. The molecule has 0 heterocycles. The van der Waals surface area contributed by atoms with Gasteiger partial charge in [-0.3, -0.25) is 4.79 Å². The van der Waals surface area contributed by atoms with E-state index in [0.29, 0.717) is 28.8 Å². The first kappa shape index (κ1) is 17.1. The van der Waals surface area contributed by atoms with Crippen LogP contribution in [0.15, 0.2) is 12.1 Å². The van der Waals surface area contributed by atoms with Gasteiger partial charge in [-0.25, -0.2) is 0 Å². The van der Waals surface area contributed by atoms with Gasteiger partial charge < -0.3 is 16.2 Å². The van der Waals surface area contributed by atoms with Gasteiger partial charge in [0.05, 0.1) is 11.6 Å². The monoisotopic (exact) mass is 318 g/mol. The third-order valence-corrected chi connectivity index (χ3v) is 3.56. The van der Waals surface area contributed by atoms with Crippen molar-refractivity contribution in [2.45, 2.75) is 38.6 Å². The van der Waals surface area contributed by atoms with Gasteiger partial charge in [0, 0.05) is 23.6 Å². The summed E-state index contributed by atoms with van der Waals surface area (Å²) in [6.07, 6.45) is 2.64. The highest BCUT2D eigenvalue weighted by Crippen LogP contribution is 2.34. The van der Waals surface area contributed by atoms with Crippen LogP contribution in [0.5, 0.6) is 5.75 Å². The largest absolute Gasteiger partial charge is 0.492 e. The second kappa shape index (κ2) is 8.35. The zero-order valence-electron chi connectivity index (χ0n) is 11.5. The summed E-state index contributed by atoms with van der Waals surface area (Å²) in [7, 11) is 0. The molecule has 4 N–H and O–H groups in total. The van der Waals surface area contributed by atoms with Crippen molar-refractivity contribution >= 4 is 29.1 Å². The number of carbonyl (C=O) groups is 1. The summed E-state index contributed by atoms with van der Waals surface area (Å²) in [6, 6.07) is 3.21. The van der Waals surface area contributed by atoms with E-state index in [2.05, 4.69) is 0 Å². The topological polar surface area (TPSA) is 78.3 Å². The maximum atomic E-state index is 10.7. The molecule has 0 saturated heterocycles. The third kappa shape index (κ3) is 5.19. The van der Waals surface area contributed by atoms with E-state index in [1.165, 1.54) is 0 Å². The van der Waals surface area contributed by atoms with Crippen molar-refractivity contribution in [2.24, 2.45) is 11.5 Å². The van der Waals surface area contributed by atoms with Crippen molar-refractivity contribution in [3.05, 3.63) is 27.7 Å². The summed E-state index contributed by atoms with van der Waals surface area (Å²) in [6.45, 7) is 2.40. The lowest BCUT2D eigenvalue weighted by Crippen LogP contribution is -2.13. The molecule has 0 radical (unpaired) electrons. The number of unbranched alkanes of at least 4 members (excludes halogenated alkanes) is 1. The van der Waals surface area contributed by atoms with Gasteiger partial charge in [0.15, 0.2) is 0 Å². The van der Waals surface area contributed by atoms with E-state index in [9.17, 15) is 4.79 Å². The smallest absolute Gasteiger partial charge is 0.217 e. The van der Waals surface area contributed by atoms with E-state index < -0.39 is 0 Å². The maximum Gasteiger partial charge on any atom is 0.217 e. The Morgan fingerprint density at radius 3 is 2.60 bits per heavy atom. The fourth-order valence-corrected chi connectivity index (χ4v) is 2.43. The molecule has 0 aliphatic heterocycles. The maximum absolute atomic E-state index is 10.7. The quantitative estimate of drug-likeness (QED) is 0.721. The fraction of sp³-hybridized carbons (Fsp3) is 0.500. The van der Waals surface area contributed by atoms with Crippen LogP contribution in [0.3, 0.4) is 0 Å². The summed E-state index contributed by atoms with van der Waals surface area (Å²) >= 11 is 12.3. The minimum absolute atomic E-state index is 0.219. The molecule has 1 amide bonds. The number of rotatable bonds is 8. The Morgan fingerprint density at radius 1 is 1.30 bits per heavy atom. The average molecular weight is 319 g/mol. The molecule has 0 fully saturated rings. The molecule has 0 aliphatic rings. The van der Waals surface area contributed by atoms with E-state index in [4.69, 9.17) is 39.4 Å². The van der Waals surface area contributed by atoms with Crippen LogP contribution in [0.4, 0.5) is 0 Å². The van der Waals surface area contributed by atoms with E-state index in [1.54, 1.807) is 12.1 Å². The van der Waals surface area contributed by atoms with Crippen LogP contribution in [0.1, 0.15) is 44.2 Å². The zero-order chi connectivity index (χ0) is 15.1. The van der Waals surface area contributed by atoms with Gasteiger partial charge in [-0.15, -0.1) is 0 Å². The Balaban J connectivity index is 2.65. The lowest BCUT2D eigenvalue weighted by atomic mass is 10.0. The third-order valence-electron chi connectivity index (χ3n) is 2.94. The molecular weight excluding hydrogens is 299 g/mol. The van der Waals surface area contributed by atoms with Crippen LogP contribution in [-0.4, -0.2) is 12.5 Å². The number of carbonyl (C=O) groups excluding carboxylic acids is 1. The van der Waals surface area contributed by atoms with E-state index in [0.717, 1.165) is 24.8 Å². The first-order chi connectivity index (χ1) is 9.45. The molecule has 0 saturated carbocycles. The van der Waals surface area contributed by atoms with Gasteiger partial charge in [0.1, 0.15) is 5.75 Å². The molecule has 1 aromatic carbocycles. The van der Waals surface area contributed by atoms with Crippen LogP contribution < -0.4 is 16.2 Å². The lowest BCUT2D eigenvalue weighted by Gasteiger charge is -2.16. The number of halogens is 2. The summed E-state index contributed by atoms with van der Waals surface area (Å²) in [5.41, 5.74) is 12.0. The number of hydrogen-bond donors (Lipinski definition) is 2. The predicted molar refractivity (Wildman–Crippen MR) is 82.2 cm³/mol. The summed E-state index contributed by atoms with van der Waals surface area (Å²) in [4.78, 5) is 10.7. The molecule has 6 heteroatoms. The van der Waals surface area contributed by atoms with Crippen LogP contribution in [-0.2, 0) is 4.79 Å². The fourth-order valence-electron chi connectivity index (χ4n) is 1.91. The van der Waals surface area contributed by atoms with Gasteiger partial charge in [0.25, 0.3) is 0 Å². The van der Waals surface area contributed by atoms with Crippen molar-refractivity contribution in [3.8, 4) is 5.75 Å². The van der Waals surface area contributed by atoms with Crippen molar-refractivity contribution in [2.75, 3.05) is 6.61 Å². The molecule has 1 unspecified atom stereocenters. The first-order valence-electron chi connectivity index (χ1n) is 6.61. The molecule has 0 aliphatic carbocycles. The molecule has 0 spiro atoms. The first-order valence-corrected chi connectivity index (χ1v) is 7.37. The van der Waals surface area contributed by atoms with E-state index in [1.807, 2.05) is 6.92 Å². The normalized spacial score (nSPS) is 12.2. The van der Waals surface area contributed by atoms with Gasteiger partial charge in [0.2, 0.25) is 5.91 Å². The highest BCUT2D eigenvalue weighted by molar-refractivity contribution is 6.34. The van der Waals surface area contributed by atoms with Crippen LogP contribution >= 0.6 is 23.2 Å². The number of hydrogen-bond acceptors (Lipinski definition) is 3. The minimum Gasteiger partial charge on any atom is -0.492 e. The molecule has 4 nitrogen and oxygen atoms in total. The number of primary amides is 1. The van der Waals surface area contributed by atoms with Gasteiger partial charge >= 0.3 is 0 Å². The van der Waals surface area contributed by atoms with Crippen LogP contribution in [0.25, 0.3) is 0 Å². The van der Waals surface area contributed by atoms with Crippen molar-refractivity contribution in [1.29, 1.82) is 0 Å². The molecular formula is C14H20Cl2N2O2. The van der Waals surface area contributed by atoms with Gasteiger partial charge in [-0.05, 0) is 31.4 Å². The second-order valence-electron chi connectivity index (χ2n) is 4.56. The molecule has 1 aromatic rings. The van der Waals surface area contributed by atoms with Gasteiger partial charge in [-0.1, -0.05) is 29.6 Å².